The Kier molecular flexibility index (Phi) is 6.74. The molecule has 1 aromatic carbocycles. The number of methoxy groups -OCH3 is 1. The lowest BCUT2D eigenvalue weighted by Gasteiger charge is -2.23. The third-order valence-corrected chi connectivity index (χ3v) is 5.66. The molecule has 3 aromatic rings. The highest BCUT2D eigenvalue weighted by atomic mass is 19.1. The lowest BCUT2D eigenvalue weighted by atomic mass is 10.0. The minimum Gasteiger partial charge on any atom is -0.489 e. The largest absolute Gasteiger partial charge is 0.489 e. The van der Waals surface area contributed by atoms with E-state index in [-0.39, 0.29) is 11.7 Å². The van der Waals surface area contributed by atoms with Crippen molar-refractivity contribution in [3.63, 3.8) is 0 Å². The fraction of sp³-hybridized carbons (Fsp3) is 0.360. The highest BCUT2D eigenvalue weighted by molar-refractivity contribution is 6.06. The van der Waals surface area contributed by atoms with Gasteiger partial charge in [0.2, 0.25) is 0 Å². The van der Waals surface area contributed by atoms with E-state index >= 15 is 0 Å². The summed E-state index contributed by atoms with van der Waals surface area (Å²) in [5.74, 6) is -0.0799. The molecule has 0 fully saturated rings. The van der Waals surface area contributed by atoms with Gasteiger partial charge < -0.3 is 29.8 Å². The van der Waals surface area contributed by atoms with Crippen LogP contribution in [0, 0.1) is 5.82 Å². The molecule has 1 amide bonds. The first-order valence-electron chi connectivity index (χ1n) is 11.2. The Hall–Kier alpha value is -3.59. The number of rotatable bonds is 9. The number of carbonyl (C=O) groups excluding carboxylic acids is 1. The molecule has 0 atom stereocenters. The molecule has 0 saturated heterocycles. The third-order valence-electron chi connectivity index (χ3n) is 5.66. The smallest absolute Gasteiger partial charge is 0.255 e. The molecule has 3 heterocycles. The van der Waals surface area contributed by atoms with Crippen LogP contribution >= 0.6 is 0 Å². The molecule has 4 rings (SSSR count). The lowest BCUT2D eigenvalue weighted by molar-refractivity contribution is -0.0146. The van der Waals surface area contributed by atoms with Crippen LogP contribution in [0.1, 0.15) is 36.8 Å². The zero-order chi connectivity index (χ0) is 24.3. The molecule has 0 bridgehead atoms. The predicted molar refractivity (Wildman–Crippen MR) is 127 cm³/mol. The van der Waals surface area contributed by atoms with Gasteiger partial charge in [-0.2, -0.15) is 0 Å². The Bertz CT molecular complexity index is 1190. The van der Waals surface area contributed by atoms with E-state index < -0.39 is 11.4 Å². The first-order valence-corrected chi connectivity index (χ1v) is 11.2. The van der Waals surface area contributed by atoms with Crippen molar-refractivity contribution in [3.05, 3.63) is 53.7 Å². The average Bonchev–Trinajstić information content (AvgIpc) is 3.19. The van der Waals surface area contributed by atoms with Crippen molar-refractivity contribution in [2.45, 2.75) is 32.8 Å². The van der Waals surface area contributed by atoms with Crippen LogP contribution in [0.15, 0.2) is 36.7 Å². The fourth-order valence-electron chi connectivity index (χ4n) is 3.75. The maximum atomic E-state index is 14.5. The number of ether oxygens (including phenoxy) is 3. The van der Waals surface area contributed by atoms with Crippen LogP contribution in [0.5, 0.6) is 11.5 Å². The minimum absolute atomic E-state index is 0.0927. The fourth-order valence-corrected chi connectivity index (χ4v) is 3.75. The van der Waals surface area contributed by atoms with Crippen LogP contribution in [0.4, 0.5) is 15.8 Å². The number of hydrogen-bond acceptors (Lipinski definition) is 6. The average molecular weight is 469 g/mol. The Balaban J connectivity index is 1.82. The summed E-state index contributed by atoms with van der Waals surface area (Å²) in [6.07, 6.45) is 3.91. The zero-order valence-electron chi connectivity index (χ0n) is 19.8. The maximum Gasteiger partial charge on any atom is 0.255 e. The van der Waals surface area contributed by atoms with Gasteiger partial charge in [-0.15, -0.1) is 0 Å². The summed E-state index contributed by atoms with van der Waals surface area (Å²) in [6, 6.07) is 6.45. The summed E-state index contributed by atoms with van der Waals surface area (Å²) in [6.45, 7) is 6.75. The number of anilines is 2. The Labute approximate surface area is 197 Å². The quantitative estimate of drug-likeness (QED) is 0.429. The highest BCUT2D eigenvalue weighted by Gasteiger charge is 2.29. The molecule has 34 heavy (non-hydrogen) atoms. The molecule has 1 aliphatic heterocycles. The normalized spacial score (nSPS) is 13.3. The number of amides is 1. The van der Waals surface area contributed by atoms with Crippen LogP contribution in [-0.2, 0) is 11.2 Å². The Morgan fingerprint density at radius 2 is 2.06 bits per heavy atom. The van der Waals surface area contributed by atoms with Gasteiger partial charge in [0.25, 0.3) is 5.91 Å². The number of pyridine rings is 1. The van der Waals surface area contributed by atoms with E-state index in [1.807, 2.05) is 19.9 Å². The highest BCUT2D eigenvalue weighted by Crippen LogP contribution is 2.42. The molecule has 0 radical (unpaired) electrons. The third kappa shape index (κ3) is 4.70. The molecule has 9 heteroatoms. The molecule has 180 valence electrons. The van der Waals surface area contributed by atoms with E-state index in [9.17, 15) is 9.18 Å². The number of halogens is 1. The molecule has 0 unspecified atom stereocenters. The summed E-state index contributed by atoms with van der Waals surface area (Å²) in [5.41, 5.74) is 3.05. The Morgan fingerprint density at radius 3 is 2.82 bits per heavy atom. The molecular formula is C25H29FN4O4. The second-order valence-corrected chi connectivity index (χ2v) is 8.53. The molecule has 1 aliphatic rings. The van der Waals surface area contributed by atoms with Crippen LogP contribution in [0.2, 0.25) is 0 Å². The molecule has 0 saturated carbocycles. The van der Waals surface area contributed by atoms with E-state index in [1.165, 1.54) is 6.07 Å². The van der Waals surface area contributed by atoms with Gasteiger partial charge in [-0.25, -0.2) is 4.39 Å². The first kappa shape index (κ1) is 23.6. The minimum atomic E-state index is -0.503. The number of nitrogens with one attached hydrogen (secondary N) is 3. The number of hydrogen-bond donors (Lipinski definition) is 3. The summed E-state index contributed by atoms with van der Waals surface area (Å²) in [7, 11) is 1.63. The maximum absolute atomic E-state index is 14.5. The van der Waals surface area contributed by atoms with Crippen molar-refractivity contribution in [1.82, 2.24) is 15.3 Å². The van der Waals surface area contributed by atoms with E-state index in [1.54, 1.807) is 38.6 Å². The number of carbonyl (C=O) groups is 1. The number of aromatic amines is 1. The second kappa shape index (κ2) is 9.72. The topological polar surface area (TPSA) is 97.5 Å². The van der Waals surface area contributed by atoms with Gasteiger partial charge in [-0.3, -0.25) is 9.78 Å². The molecule has 0 spiro atoms. The summed E-state index contributed by atoms with van der Waals surface area (Å²) in [4.78, 5) is 20.5. The van der Waals surface area contributed by atoms with Crippen molar-refractivity contribution in [1.29, 1.82) is 0 Å². The van der Waals surface area contributed by atoms with E-state index in [0.717, 1.165) is 5.69 Å². The predicted octanol–water partition coefficient (Wildman–Crippen LogP) is 4.45. The van der Waals surface area contributed by atoms with Crippen molar-refractivity contribution in [2.75, 3.05) is 32.2 Å². The molecule has 2 aromatic heterocycles. The summed E-state index contributed by atoms with van der Waals surface area (Å²) in [5, 5.41) is 6.14. The number of benzene rings is 1. The second-order valence-electron chi connectivity index (χ2n) is 8.53. The zero-order valence-corrected chi connectivity index (χ0v) is 19.8. The van der Waals surface area contributed by atoms with Crippen molar-refractivity contribution >= 4 is 17.3 Å². The van der Waals surface area contributed by atoms with Gasteiger partial charge >= 0.3 is 0 Å². The number of H-pyrrole nitrogens is 1. The van der Waals surface area contributed by atoms with Crippen molar-refractivity contribution in [2.24, 2.45) is 0 Å². The van der Waals surface area contributed by atoms with Crippen LogP contribution in [0.25, 0.3) is 11.3 Å². The molecular weight excluding hydrogens is 439 g/mol. The van der Waals surface area contributed by atoms with E-state index in [0.29, 0.717) is 60.1 Å². The number of para-hydroxylation sites is 1. The van der Waals surface area contributed by atoms with Crippen LogP contribution in [-0.4, -0.2) is 48.3 Å². The van der Waals surface area contributed by atoms with Gasteiger partial charge in [-0.1, -0.05) is 6.07 Å². The number of fused-ring (bicyclic) bond motifs is 1. The monoisotopic (exact) mass is 468 g/mol. The SMILES string of the molecule is CCOc1c(F)cccc1Nc1c(-c2ccncc2OCC(C)(C)OC)[nH]c2c1C(=O)NCC2. The van der Waals surface area contributed by atoms with Gasteiger partial charge in [0.15, 0.2) is 11.6 Å². The van der Waals surface area contributed by atoms with Gasteiger partial charge in [0, 0.05) is 37.5 Å². The summed E-state index contributed by atoms with van der Waals surface area (Å²) < 4.78 is 31.6. The van der Waals surface area contributed by atoms with Gasteiger partial charge in [0.05, 0.1) is 41.0 Å². The van der Waals surface area contributed by atoms with Crippen molar-refractivity contribution < 1.29 is 23.4 Å². The summed E-state index contributed by atoms with van der Waals surface area (Å²) >= 11 is 0. The lowest BCUT2D eigenvalue weighted by Crippen LogP contribution is -2.31. The van der Waals surface area contributed by atoms with Crippen LogP contribution < -0.4 is 20.1 Å². The molecule has 8 nitrogen and oxygen atoms in total. The standard InChI is InChI=1S/C25H29FN4O4/c1-5-33-23-16(26)7-6-8-18(23)30-22-20-17(10-12-28-24(20)31)29-21(22)15-9-11-27-13-19(15)34-14-25(2,3)32-4/h6-9,11,13,29-30H,5,10,12,14H2,1-4H3,(H,28,31). The molecule has 3 N–H and O–H groups in total. The van der Waals surface area contributed by atoms with Crippen LogP contribution in [0.3, 0.4) is 0 Å². The van der Waals surface area contributed by atoms with Gasteiger partial charge in [0.1, 0.15) is 12.4 Å². The molecule has 0 aliphatic carbocycles. The number of aromatic nitrogens is 2. The Morgan fingerprint density at radius 1 is 1.24 bits per heavy atom. The number of nitrogens with zero attached hydrogens (tertiary/aromatic N) is 1. The first-order chi connectivity index (χ1) is 16.3. The van der Waals surface area contributed by atoms with Gasteiger partial charge in [-0.05, 0) is 39.0 Å². The van der Waals surface area contributed by atoms with E-state index in [4.69, 9.17) is 14.2 Å². The van der Waals surface area contributed by atoms with Crippen molar-refractivity contribution in [3.8, 4) is 22.8 Å². The van der Waals surface area contributed by atoms with E-state index in [2.05, 4.69) is 20.6 Å².